The molecule has 2 saturated heterocycles. The van der Waals surface area contributed by atoms with Gasteiger partial charge in [0.05, 0.1) is 10.8 Å². The molecule has 2 aliphatic rings. The van der Waals surface area contributed by atoms with Crippen LogP contribution in [-0.4, -0.2) is 48.4 Å². The second-order valence-electron chi connectivity index (χ2n) is 8.19. The monoisotopic (exact) mass is 452 g/mol. The molecule has 2 fully saturated rings. The summed E-state index contributed by atoms with van der Waals surface area (Å²) >= 11 is 0. The summed E-state index contributed by atoms with van der Waals surface area (Å²) in [6.07, 6.45) is 3.17. The zero-order chi connectivity index (χ0) is 22.1. The molecule has 5 rings (SSSR count). The summed E-state index contributed by atoms with van der Waals surface area (Å²) in [6, 6.07) is 16.1. The van der Waals surface area contributed by atoms with Crippen LogP contribution in [0.15, 0.2) is 64.0 Å². The number of piperidine rings is 1. The predicted molar refractivity (Wildman–Crippen MR) is 118 cm³/mol. The molecule has 8 nitrogen and oxygen atoms in total. The Morgan fingerprint density at radius 2 is 1.66 bits per heavy atom. The Hall–Kier alpha value is -3.04. The van der Waals surface area contributed by atoms with E-state index in [2.05, 4.69) is 10.1 Å². The van der Waals surface area contributed by atoms with E-state index >= 15 is 0 Å². The zero-order valence-corrected chi connectivity index (χ0v) is 18.4. The van der Waals surface area contributed by atoms with Gasteiger partial charge in [-0.2, -0.15) is 9.29 Å². The standard InChI is InChI=1S/C23H24N4O4S/c28-21-15-18(16-27(21)19-7-3-1-4-8-19)23-24-22(25-31-23)17-9-11-20(12-10-17)32(29,30)26-13-5-2-6-14-26/h1,3-4,7-12,18H,2,5-6,13-16H2/t18-/m0/s1. The van der Waals surface area contributed by atoms with Crippen LogP contribution in [0.5, 0.6) is 0 Å². The van der Waals surface area contributed by atoms with Crippen LogP contribution in [-0.2, 0) is 14.8 Å². The van der Waals surface area contributed by atoms with Gasteiger partial charge in [0.1, 0.15) is 0 Å². The first-order chi connectivity index (χ1) is 15.5. The van der Waals surface area contributed by atoms with Gasteiger partial charge in [-0.05, 0) is 49.2 Å². The van der Waals surface area contributed by atoms with E-state index in [1.165, 1.54) is 0 Å². The molecule has 0 radical (unpaired) electrons. The van der Waals surface area contributed by atoms with Crippen molar-refractivity contribution in [3.05, 3.63) is 60.5 Å². The minimum Gasteiger partial charge on any atom is -0.339 e. The fourth-order valence-electron chi connectivity index (χ4n) is 4.28. The highest BCUT2D eigenvalue weighted by Crippen LogP contribution is 2.32. The number of amides is 1. The SMILES string of the molecule is O=C1C[C@H](c2nc(-c3ccc(S(=O)(=O)N4CCCCC4)cc3)no2)CN1c1ccccc1. The van der Waals surface area contributed by atoms with Crippen LogP contribution in [0.2, 0.25) is 0 Å². The number of anilines is 1. The quantitative estimate of drug-likeness (QED) is 0.588. The summed E-state index contributed by atoms with van der Waals surface area (Å²) in [4.78, 5) is 19.0. The van der Waals surface area contributed by atoms with Crippen LogP contribution in [0.4, 0.5) is 5.69 Å². The maximum atomic E-state index is 12.8. The molecule has 3 heterocycles. The van der Waals surface area contributed by atoms with Gasteiger partial charge in [-0.3, -0.25) is 4.79 Å². The molecule has 0 aliphatic carbocycles. The fraction of sp³-hybridized carbons (Fsp3) is 0.348. The van der Waals surface area contributed by atoms with E-state index in [4.69, 9.17) is 4.52 Å². The number of sulfonamides is 1. The maximum Gasteiger partial charge on any atom is 0.243 e. The van der Waals surface area contributed by atoms with Gasteiger partial charge in [-0.1, -0.05) is 29.8 Å². The molecule has 166 valence electrons. The lowest BCUT2D eigenvalue weighted by molar-refractivity contribution is -0.117. The summed E-state index contributed by atoms with van der Waals surface area (Å²) in [7, 11) is -3.48. The average molecular weight is 453 g/mol. The minimum absolute atomic E-state index is 0.0215. The van der Waals surface area contributed by atoms with Crippen molar-refractivity contribution in [2.75, 3.05) is 24.5 Å². The van der Waals surface area contributed by atoms with Crippen LogP contribution in [0, 0.1) is 0 Å². The first-order valence-corrected chi connectivity index (χ1v) is 12.3. The molecule has 9 heteroatoms. The van der Waals surface area contributed by atoms with Crippen molar-refractivity contribution in [2.24, 2.45) is 0 Å². The molecule has 0 N–H and O–H groups in total. The zero-order valence-electron chi connectivity index (χ0n) is 17.6. The van der Waals surface area contributed by atoms with Gasteiger partial charge in [-0.25, -0.2) is 8.42 Å². The summed E-state index contributed by atoms with van der Waals surface area (Å²) in [5.74, 6) is 0.639. The second-order valence-corrected chi connectivity index (χ2v) is 10.1. The molecule has 0 unspecified atom stereocenters. The number of para-hydroxylation sites is 1. The Balaban J connectivity index is 1.31. The Morgan fingerprint density at radius 3 is 2.38 bits per heavy atom. The van der Waals surface area contributed by atoms with Crippen molar-refractivity contribution in [1.82, 2.24) is 14.4 Å². The normalized spacial score (nSPS) is 20.1. The number of benzene rings is 2. The Morgan fingerprint density at radius 1 is 0.938 bits per heavy atom. The van der Waals surface area contributed by atoms with Crippen LogP contribution in [0.25, 0.3) is 11.4 Å². The molecular formula is C23H24N4O4S. The van der Waals surface area contributed by atoms with Gasteiger partial charge < -0.3 is 9.42 Å². The molecule has 0 saturated carbocycles. The smallest absolute Gasteiger partial charge is 0.243 e. The third-order valence-electron chi connectivity index (χ3n) is 6.05. The third kappa shape index (κ3) is 3.93. The molecule has 2 aliphatic heterocycles. The van der Waals surface area contributed by atoms with Crippen molar-refractivity contribution >= 4 is 21.6 Å². The number of hydrogen-bond acceptors (Lipinski definition) is 6. The van der Waals surface area contributed by atoms with Crippen molar-refractivity contribution < 1.29 is 17.7 Å². The van der Waals surface area contributed by atoms with E-state index in [1.54, 1.807) is 33.5 Å². The molecule has 3 aromatic rings. The van der Waals surface area contributed by atoms with E-state index in [9.17, 15) is 13.2 Å². The maximum absolute atomic E-state index is 12.8. The minimum atomic E-state index is -3.48. The number of rotatable bonds is 5. The highest BCUT2D eigenvalue weighted by molar-refractivity contribution is 7.89. The Kier molecular flexibility index (Phi) is 5.52. The van der Waals surface area contributed by atoms with E-state index in [0.29, 0.717) is 43.3 Å². The number of nitrogens with zero attached hydrogens (tertiary/aromatic N) is 4. The topological polar surface area (TPSA) is 96.6 Å². The van der Waals surface area contributed by atoms with Crippen molar-refractivity contribution in [3.63, 3.8) is 0 Å². The van der Waals surface area contributed by atoms with E-state index in [0.717, 1.165) is 24.9 Å². The lowest BCUT2D eigenvalue weighted by Crippen LogP contribution is -2.35. The van der Waals surface area contributed by atoms with Crippen molar-refractivity contribution in [2.45, 2.75) is 36.5 Å². The van der Waals surface area contributed by atoms with E-state index < -0.39 is 10.0 Å². The van der Waals surface area contributed by atoms with Crippen LogP contribution in [0.3, 0.4) is 0 Å². The van der Waals surface area contributed by atoms with E-state index in [1.807, 2.05) is 30.3 Å². The average Bonchev–Trinajstić information content (AvgIpc) is 3.47. The molecule has 2 aromatic carbocycles. The third-order valence-corrected chi connectivity index (χ3v) is 7.96. The first kappa shape index (κ1) is 20.8. The molecule has 1 aromatic heterocycles. The Labute approximate surface area is 186 Å². The second kappa shape index (κ2) is 8.48. The highest BCUT2D eigenvalue weighted by Gasteiger charge is 2.35. The summed E-state index contributed by atoms with van der Waals surface area (Å²) < 4.78 is 32.7. The lowest BCUT2D eigenvalue weighted by Gasteiger charge is -2.25. The number of hydrogen-bond donors (Lipinski definition) is 0. The molecule has 32 heavy (non-hydrogen) atoms. The number of carbonyl (C=O) groups excluding carboxylic acids is 1. The van der Waals surface area contributed by atoms with Crippen LogP contribution < -0.4 is 4.90 Å². The number of aromatic nitrogens is 2. The predicted octanol–water partition coefficient (Wildman–Crippen LogP) is 3.43. The molecule has 1 atom stereocenters. The van der Waals surface area contributed by atoms with Crippen molar-refractivity contribution in [1.29, 1.82) is 0 Å². The fourth-order valence-corrected chi connectivity index (χ4v) is 5.80. The van der Waals surface area contributed by atoms with Crippen molar-refractivity contribution in [3.8, 4) is 11.4 Å². The Bertz CT molecular complexity index is 1200. The summed E-state index contributed by atoms with van der Waals surface area (Å²) in [5, 5.41) is 4.06. The van der Waals surface area contributed by atoms with Crippen LogP contribution in [0.1, 0.15) is 37.5 Å². The number of carbonyl (C=O) groups is 1. The lowest BCUT2D eigenvalue weighted by atomic mass is 10.1. The molecule has 0 spiro atoms. The molecule has 1 amide bonds. The summed E-state index contributed by atoms with van der Waals surface area (Å²) in [5.41, 5.74) is 1.52. The van der Waals surface area contributed by atoms with Gasteiger partial charge in [0.15, 0.2) is 0 Å². The van der Waals surface area contributed by atoms with Gasteiger partial charge >= 0.3 is 0 Å². The van der Waals surface area contributed by atoms with Crippen LogP contribution >= 0.6 is 0 Å². The van der Waals surface area contributed by atoms with E-state index in [-0.39, 0.29) is 16.7 Å². The van der Waals surface area contributed by atoms with Gasteiger partial charge in [0.2, 0.25) is 27.6 Å². The van der Waals surface area contributed by atoms with Gasteiger partial charge in [0.25, 0.3) is 0 Å². The van der Waals surface area contributed by atoms with Gasteiger partial charge in [-0.15, -0.1) is 0 Å². The largest absolute Gasteiger partial charge is 0.339 e. The van der Waals surface area contributed by atoms with Gasteiger partial charge in [0, 0.05) is 37.3 Å². The summed E-state index contributed by atoms with van der Waals surface area (Å²) in [6.45, 7) is 1.62. The molecule has 0 bridgehead atoms. The highest BCUT2D eigenvalue weighted by atomic mass is 32.2. The molecular weight excluding hydrogens is 428 g/mol. The first-order valence-electron chi connectivity index (χ1n) is 10.8.